The van der Waals surface area contributed by atoms with E-state index in [-0.39, 0.29) is 36.9 Å². The average Bonchev–Trinajstić information content (AvgIpc) is 3.21. The molecule has 0 spiro atoms. The third-order valence-electron chi connectivity index (χ3n) is 7.49. The standard InChI is InChI=1S/C26H24F7NO4/c1-13(15-9-16(25(28,29)30)11-17(10-15)26(31,32)33)38-19-12-34-20(35)7-8-24(2,23(36)37)22(34)21(19)14-3-5-18(27)6-4-14/h3-6,9-11,13,19,21-22H,7-8,12H2,1-2H3,(H,36,37)/t13-,19+,21+,22-,24-/m1/s1. The van der Waals surface area contributed by atoms with Gasteiger partial charge in [0, 0.05) is 18.9 Å². The van der Waals surface area contributed by atoms with Crippen LogP contribution in [0.15, 0.2) is 42.5 Å². The monoisotopic (exact) mass is 547 g/mol. The molecule has 0 aliphatic carbocycles. The molecule has 0 radical (unpaired) electrons. The molecule has 2 aromatic carbocycles. The van der Waals surface area contributed by atoms with Gasteiger partial charge in [-0.25, -0.2) is 4.39 Å². The van der Waals surface area contributed by atoms with Crippen molar-refractivity contribution < 1.29 is 50.2 Å². The van der Waals surface area contributed by atoms with Crippen molar-refractivity contribution in [2.75, 3.05) is 6.54 Å². The fraction of sp³-hybridized carbons (Fsp3) is 0.462. The predicted octanol–water partition coefficient (Wildman–Crippen LogP) is 6.19. The number of benzene rings is 2. The van der Waals surface area contributed by atoms with Crippen LogP contribution in [-0.2, 0) is 26.7 Å². The van der Waals surface area contributed by atoms with Crippen LogP contribution in [0.5, 0.6) is 0 Å². The van der Waals surface area contributed by atoms with Gasteiger partial charge in [-0.2, -0.15) is 26.3 Å². The molecule has 12 heteroatoms. The number of nitrogens with zero attached hydrogens (tertiary/aromatic N) is 1. The highest BCUT2D eigenvalue weighted by molar-refractivity contribution is 5.84. The number of aliphatic carboxylic acids is 1. The molecule has 2 fully saturated rings. The third kappa shape index (κ3) is 5.10. The van der Waals surface area contributed by atoms with E-state index in [1.807, 2.05) is 0 Å². The van der Waals surface area contributed by atoms with E-state index in [1.165, 1.54) is 30.9 Å². The Morgan fingerprint density at radius 1 is 1.05 bits per heavy atom. The number of carboxylic acids is 1. The zero-order valence-electron chi connectivity index (χ0n) is 20.2. The zero-order chi connectivity index (χ0) is 28.2. The van der Waals surface area contributed by atoms with Crippen molar-refractivity contribution in [3.8, 4) is 0 Å². The molecule has 2 heterocycles. The number of rotatable bonds is 5. The van der Waals surface area contributed by atoms with E-state index in [1.54, 1.807) is 0 Å². The molecule has 1 amide bonds. The lowest BCUT2D eigenvalue weighted by atomic mass is 9.69. The number of halogens is 7. The fourth-order valence-corrected chi connectivity index (χ4v) is 5.47. The third-order valence-corrected chi connectivity index (χ3v) is 7.49. The minimum Gasteiger partial charge on any atom is -0.481 e. The second kappa shape index (κ2) is 9.55. The highest BCUT2D eigenvalue weighted by atomic mass is 19.4. The number of amides is 1. The number of hydrogen-bond donors (Lipinski definition) is 1. The van der Waals surface area contributed by atoms with Crippen LogP contribution in [0.4, 0.5) is 30.7 Å². The first-order chi connectivity index (χ1) is 17.5. The molecule has 0 saturated carbocycles. The molecule has 2 aromatic rings. The van der Waals surface area contributed by atoms with Crippen LogP contribution in [0.1, 0.15) is 61.0 Å². The maximum atomic E-state index is 13.7. The van der Waals surface area contributed by atoms with Crippen LogP contribution in [-0.4, -0.2) is 40.6 Å². The summed E-state index contributed by atoms with van der Waals surface area (Å²) in [6.07, 6.45) is -12.4. The summed E-state index contributed by atoms with van der Waals surface area (Å²) in [7, 11) is 0. The van der Waals surface area contributed by atoms with Crippen molar-refractivity contribution in [1.82, 2.24) is 4.90 Å². The van der Waals surface area contributed by atoms with Crippen molar-refractivity contribution >= 4 is 11.9 Å². The van der Waals surface area contributed by atoms with Crippen LogP contribution >= 0.6 is 0 Å². The number of hydrogen-bond acceptors (Lipinski definition) is 3. The SMILES string of the molecule is C[C@@H](O[C@H]1CN2C(=O)CC[C@@](C)(C(=O)O)[C@H]2[C@H]1c1ccc(F)cc1)c1cc(C(F)(F)F)cc(C(F)(F)F)c1. The average molecular weight is 547 g/mol. The van der Waals surface area contributed by atoms with Crippen molar-refractivity contribution in [2.45, 2.75) is 63.2 Å². The van der Waals surface area contributed by atoms with Crippen molar-refractivity contribution in [2.24, 2.45) is 5.41 Å². The molecule has 2 saturated heterocycles. The Morgan fingerprint density at radius 3 is 2.11 bits per heavy atom. The van der Waals surface area contributed by atoms with Gasteiger partial charge >= 0.3 is 18.3 Å². The van der Waals surface area contributed by atoms with Gasteiger partial charge in [0.2, 0.25) is 5.91 Å². The van der Waals surface area contributed by atoms with E-state index in [0.717, 1.165) is 12.1 Å². The highest BCUT2D eigenvalue weighted by Gasteiger charge is 2.59. The van der Waals surface area contributed by atoms with Gasteiger partial charge in [0.25, 0.3) is 0 Å². The molecule has 2 aliphatic heterocycles. The van der Waals surface area contributed by atoms with Gasteiger partial charge in [-0.05, 0) is 61.7 Å². The first kappa shape index (κ1) is 27.9. The normalized spacial score (nSPS) is 26.8. The summed E-state index contributed by atoms with van der Waals surface area (Å²) in [5, 5.41) is 10.0. The van der Waals surface area contributed by atoms with Gasteiger partial charge in [0.05, 0.1) is 34.8 Å². The zero-order valence-corrected chi connectivity index (χ0v) is 20.2. The lowest BCUT2D eigenvalue weighted by Crippen LogP contribution is -2.55. The molecule has 5 nitrogen and oxygen atoms in total. The summed E-state index contributed by atoms with van der Waals surface area (Å²) in [6.45, 7) is 2.63. The largest absolute Gasteiger partial charge is 0.481 e. The fourth-order valence-electron chi connectivity index (χ4n) is 5.47. The van der Waals surface area contributed by atoms with E-state index >= 15 is 0 Å². The summed E-state index contributed by atoms with van der Waals surface area (Å²) < 4.78 is 100. The van der Waals surface area contributed by atoms with E-state index in [2.05, 4.69) is 0 Å². The minimum absolute atomic E-state index is 0.0182. The van der Waals surface area contributed by atoms with Crippen LogP contribution in [0.25, 0.3) is 0 Å². The summed E-state index contributed by atoms with van der Waals surface area (Å²) in [6, 6.07) is 5.31. The van der Waals surface area contributed by atoms with Crippen molar-refractivity contribution in [1.29, 1.82) is 0 Å². The lowest BCUT2D eigenvalue weighted by Gasteiger charge is -2.44. The molecule has 5 atom stereocenters. The molecule has 4 rings (SSSR count). The molecular formula is C26H24F7NO4. The topological polar surface area (TPSA) is 66.8 Å². The Labute approximate surface area is 213 Å². The van der Waals surface area contributed by atoms with E-state index in [0.29, 0.717) is 17.7 Å². The minimum atomic E-state index is -5.05. The van der Waals surface area contributed by atoms with Gasteiger partial charge in [-0.1, -0.05) is 12.1 Å². The Kier molecular flexibility index (Phi) is 7.00. The molecule has 2 aliphatic rings. The maximum absolute atomic E-state index is 13.7. The van der Waals surface area contributed by atoms with Crippen LogP contribution < -0.4 is 0 Å². The van der Waals surface area contributed by atoms with Gasteiger partial charge in [-0.15, -0.1) is 0 Å². The van der Waals surface area contributed by atoms with Crippen molar-refractivity contribution in [3.63, 3.8) is 0 Å². The predicted molar refractivity (Wildman–Crippen MR) is 119 cm³/mol. The summed E-state index contributed by atoms with van der Waals surface area (Å²) >= 11 is 0. The molecule has 0 bridgehead atoms. The Balaban J connectivity index is 1.76. The first-order valence-corrected chi connectivity index (χ1v) is 11.8. The molecular weight excluding hydrogens is 523 g/mol. The summed E-state index contributed by atoms with van der Waals surface area (Å²) in [5.41, 5.74) is -4.37. The lowest BCUT2D eigenvalue weighted by molar-refractivity contribution is -0.160. The maximum Gasteiger partial charge on any atom is 0.416 e. The molecule has 0 unspecified atom stereocenters. The van der Waals surface area contributed by atoms with Gasteiger partial charge in [-0.3, -0.25) is 9.59 Å². The van der Waals surface area contributed by atoms with E-state index < -0.39 is 64.8 Å². The number of fused-ring (bicyclic) bond motifs is 1. The Morgan fingerprint density at radius 2 is 1.61 bits per heavy atom. The quantitative estimate of drug-likeness (QED) is 0.454. The highest BCUT2D eigenvalue weighted by Crippen LogP contribution is 2.50. The van der Waals surface area contributed by atoms with Crippen LogP contribution in [0.2, 0.25) is 0 Å². The number of piperidine rings is 1. The molecule has 206 valence electrons. The second-order valence-corrected chi connectivity index (χ2v) is 9.95. The van der Waals surface area contributed by atoms with Crippen LogP contribution in [0, 0.1) is 11.2 Å². The van der Waals surface area contributed by atoms with E-state index in [4.69, 9.17) is 4.74 Å². The molecule has 1 N–H and O–H groups in total. The second-order valence-electron chi connectivity index (χ2n) is 9.95. The number of alkyl halides is 6. The van der Waals surface area contributed by atoms with Gasteiger partial charge in [0.15, 0.2) is 0 Å². The summed E-state index contributed by atoms with van der Waals surface area (Å²) in [5.74, 6) is -2.93. The Bertz CT molecular complexity index is 1200. The summed E-state index contributed by atoms with van der Waals surface area (Å²) in [4.78, 5) is 26.5. The van der Waals surface area contributed by atoms with Crippen LogP contribution in [0.3, 0.4) is 0 Å². The number of ether oxygens (including phenoxy) is 1. The number of carbonyl (C=O) groups excluding carboxylic acids is 1. The van der Waals surface area contributed by atoms with Gasteiger partial charge in [0.1, 0.15) is 5.82 Å². The first-order valence-electron chi connectivity index (χ1n) is 11.8. The van der Waals surface area contributed by atoms with Gasteiger partial charge < -0.3 is 14.7 Å². The molecule has 0 aromatic heterocycles. The number of carbonyl (C=O) groups is 2. The van der Waals surface area contributed by atoms with E-state index in [9.17, 15) is 45.4 Å². The Hall–Kier alpha value is -3.15. The van der Waals surface area contributed by atoms with Crippen molar-refractivity contribution in [3.05, 3.63) is 70.5 Å². The number of carboxylic acid groups (broad SMARTS) is 1. The smallest absolute Gasteiger partial charge is 0.416 e. The molecule has 38 heavy (non-hydrogen) atoms.